The maximum absolute atomic E-state index is 13.5. The monoisotopic (exact) mass is 254 g/mol. The van der Waals surface area contributed by atoms with E-state index in [9.17, 15) is 8.78 Å². The number of anilines is 1. The number of thioether (sulfide) groups is 1. The molecule has 2 rings (SSSR count). The molecule has 0 saturated carbocycles. The van der Waals surface area contributed by atoms with Crippen molar-refractivity contribution >= 4 is 17.7 Å². The molecule has 1 aromatic carbocycles. The number of nitrogens with zero attached hydrogens (tertiary/aromatic N) is 3. The molecule has 1 aromatic heterocycles. The Bertz CT molecular complexity index is 542. The molecule has 0 spiro atoms. The number of halogens is 2. The zero-order valence-electron chi connectivity index (χ0n) is 8.82. The lowest BCUT2D eigenvalue weighted by Gasteiger charge is -2.05. The van der Waals surface area contributed by atoms with Crippen LogP contribution in [-0.4, -0.2) is 21.2 Å². The van der Waals surface area contributed by atoms with Crippen LogP contribution in [0.5, 0.6) is 0 Å². The van der Waals surface area contributed by atoms with Gasteiger partial charge >= 0.3 is 0 Å². The van der Waals surface area contributed by atoms with Crippen molar-refractivity contribution in [1.82, 2.24) is 15.0 Å². The van der Waals surface area contributed by atoms with Crippen LogP contribution in [0.15, 0.2) is 23.4 Å². The molecule has 0 amide bonds. The molecule has 88 valence electrons. The summed E-state index contributed by atoms with van der Waals surface area (Å²) in [6.07, 6.45) is 1.73. The van der Waals surface area contributed by atoms with Gasteiger partial charge < -0.3 is 5.73 Å². The topological polar surface area (TPSA) is 64.7 Å². The van der Waals surface area contributed by atoms with Crippen LogP contribution in [0.2, 0.25) is 0 Å². The Hall–Kier alpha value is -1.76. The number of hydrogen-bond donors (Lipinski definition) is 1. The summed E-state index contributed by atoms with van der Waals surface area (Å²) in [4.78, 5) is 11.5. The molecule has 0 fully saturated rings. The maximum Gasteiger partial charge on any atom is 0.224 e. The number of rotatable bonds is 2. The third-order valence-corrected chi connectivity index (χ3v) is 2.55. The molecule has 2 N–H and O–H groups in total. The maximum atomic E-state index is 13.5. The van der Waals surface area contributed by atoms with Gasteiger partial charge in [0.2, 0.25) is 5.95 Å². The lowest BCUT2D eigenvalue weighted by atomic mass is 10.2. The van der Waals surface area contributed by atoms with E-state index in [1.807, 2.05) is 0 Å². The third kappa shape index (κ3) is 2.33. The second-order valence-electron chi connectivity index (χ2n) is 3.10. The lowest BCUT2D eigenvalue weighted by molar-refractivity contribution is 0.586. The summed E-state index contributed by atoms with van der Waals surface area (Å²) in [6.45, 7) is 0. The van der Waals surface area contributed by atoms with E-state index < -0.39 is 11.6 Å². The van der Waals surface area contributed by atoms with Crippen molar-refractivity contribution in [3.63, 3.8) is 0 Å². The van der Waals surface area contributed by atoms with Crippen molar-refractivity contribution in [2.75, 3.05) is 12.0 Å². The molecule has 0 radical (unpaired) electrons. The van der Waals surface area contributed by atoms with E-state index in [-0.39, 0.29) is 17.3 Å². The highest BCUT2D eigenvalue weighted by Gasteiger charge is 2.15. The van der Waals surface area contributed by atoms with Crippen LogP contribution in [-0.2, 0) is 0 Å². The Morgan fingerprint density at radius 1 is 1.12 bits per heavy atom. The summed E-state index contributed by atoms with van der Waals surface area (Å²) in [5.41, 5.74) is 5.16. The number of nitrogen functional groups attached to an aromatic ring is 1. The average Bonchev–Trinajstić information content (AvgIpc) is 2.28. The van der Waals surface area contributed by atoms with Gasteiger partial charge in [0.05, 0.1) is 5.56 Å². The first-order chi connectivity index (χ1) is 8.11. The fraction of sp³-hybridized carbons (Fsp3) is 0.100. The standard InChI is InChI=1S/C10H8F2N4S/c1-17-10-15-8(14-9(13)16-10)7-5(11)3-2-4-6(7)12/h2-4H,1H3,(H2,13,14,15,16). The van der Waals surface area contributed by atoms with Gasteiger partial charge in [-0.25, -0.2) is 13.8 Å². The smallest absolute Gasteiger partial charge is 0.224 e. The molecule has 17 heavy (non-hydrogen) atoms. The second kappa shape index (κ2) is 4.62. The predicted octanol–water partition coefficient (Wildman–Crippen LogP) is 2.12. The Balaban J connectivity index is 2.64. The molecule has 2 aromatic rings. The summed E-state index contributed by atoms with van der Waals surface area (Å²) in [6, 6.07) is 3.54. The molecule has 7 heteroatoms. The van der Waals surface area contributed by atoms with Crippen LogP contribution in [0.1, 0.15) is 0 Å². The molecule has 0 aliphatic heterocycles. The van der Waals surface area contributed by atoms with E-state index in [1.54, 1.807) is 6.26 Å². The van der Waals surface area contributed by atoms with Crippen molar-refractivity contribution in [2.24, 2.45) is 0 Å². The van der Waals surface area contributed by atoms with Gasteiger partial charge in [-0.15, -0.1) is 0 Å². The number of benzene rings is 1. The first-order valence-electron chi connectivity index (χ1n) is 4.61. The van der Waals surface area contributed by atoms with E-state index in [2.05, 4.69) is 15.0 Å². The summed E-state index contributed by atoms with van der Waals surface area (Å²) in [5, 5.41) is 0.315. The van der Waals surface area contributed by atoms with Gasteiger partial charge in [-0.1, -0.05) is 17.8 Å². The fourth-order valence-corrected chi connectivity index (χ4v) is 1.65. The fourth-order valence-electron chi connectivity index (χ4n) is 1.29. The third-order valence-electron chi connectivity index (χ3n) is 2.00. The Kier molecular flexibility index (Phi) is 3.19. The van der Waals surface area contributed by atoms with Gasteiger partial charge in [-0.2, -0.15) is 9.97 Å². The molecule has 0 aliphatic carbocycles. The van der Waals surface area contributed by atoms with Crippen molar-refractivity contribution in [3.05, 3.63) is 29.8 Å². The molecule has 1 heterocycles. The van der Waals surface area contributed by atoms with E-state index >= 15 is 0 Å². The van der Waals surface area contributed by atoms with Crippen LogP contribution in [0.3, 0.4) is 0 Å². The number of hydrogen-bond acceptors (Lipinski definition) is 5. The van der Waals surface area contributed by atoms with Gasteiger partial charge in [-0.05, 0) is 18.4 Å². The lowest BCUT2D eigenvalue weighted by Crippen LogP contribution is -2.03. The Labute approximate surface area is 100 Å². The summed E-state index contributed by atoms with van der Waals surface area (Å²) in [5.74, 6) is -1.63. The van der Waals surface area contributed by atoms with Crippen LogP contribution in [0.4, 0.5) is 14.7 Å². The van der Waals surface area contributed by atoms with Gasteiger partial charge in [0.25, 0.3) is 0 Å². The van der Waals surface area contributed by atoms with Crippen molar-refractivity contribution < 1.29 is 8.78 Å². The summed E-state index contributed by atoms with van der Waals surface area (Å²) in [7, 11) is 0. The summed E-state index contributed by atoms with van der Waals surface area (Å²) < 4.78 is 27.0. The van der Waals surface area contributed by atoms with Crippen molar-refractivity contribution in [1.29, 1.82) is 0 Å². The number of nitrogens with two attached hydrogens (primary N) is 1. The average molecular weight is 254 g/mol. The second-order valence-corrected chi connectivity index (χ2v) is 3.87. The zero-order chi connectivity index (χ0) is 12.4. The van der Waals surface area contributed by atoms with E-state index in [4.69, 9.17) is 5.73 Å². The van der Waals surface area contributed by atoms with E-state index in [0.717, 1.165) is 12.1 Å². The molecule has 0 atom stereocenters. The minimum atomic E-state index is -0.734. The number of aromatic nitrogens is 3. The molecule has 0 bridgehead atoms. The van der Waals surface area contributed by atoms with Crippen LogP contribution >= 0.6 is 11.8 Å². The highest BCUT2D eigenvalue weighted by molar-refractivity contribution is 7.98. The Morgan fingerprint density at radius 3 is 2.35 bits per heavy atom. The van der Waals surface area contributed by atoms with Crippen molar-refractivity contribution in [2.45, 2.75) is 5.16 Å². The van der Waals surface area contributed by atoms with E-state index in [1.165, 1.54) is 17.8 Å². The largest absolute Gasteiger partial charge is 0.368 e. The van der Waals surface area contributed by atoms with Gasteiger partial charge in [0.15, 0.2) is 11.0 Å². The molecular weight excluding hydrogens is 246 g/mol. The van der Waals surface area contributed by atoms with Crippen LogP contribution in [0, 0.1) is 11.6 Å². The van der Waals surface area contributed by atoms with Crippen LogP contribution in [0.25, 0.3) is 11.4 Å². The van der Waals surface area contributed by atoms with Gasteiger partial charge in [-0.3, -0.25) is 0 Å². The molecule has 4 nitrogen and oxygen atoms in total. The Morgan fingerprint density at radius 2 is 1.76 bits per heavy atom. The first-order valence-corrected chi connectivity index (χ1v) is 5.84. The van der Waals surface area contributed by atoms with E-state index in [0.29, 0.717) is 5.16 Å². The first kappa shape index (κ1) is 11.7. The van der Waals surface area contributed by atoms with Crippen LogP contribution < -0.4 is 5.73 Å². The normalized spacial score (nSPS) is 10.5. The summed E-state index contributed by atoms with van der Waals surface area (Å²) >= 11 is 1.22. The van der Waals surface area contributed by atoms with Crippen molar-refractivity contribution in [3.8, 4) is 11.4 Å². The minimum Gasteiger partial charge on any atom is -0.368 e. The predicted molar refractivity (Wildman–Crippen MR) is 61.4 cm³/mol. The molecule has 0 aliphatic rings. The quantitative estimate of drug-likeness (QED) is 0.831. The minimum absolute atomic E-state index is 0.0676. The highest BCUT2D eigenvalue weighted by atomic mass is 32.2. The molecule has 0 saturated heterocycles. The van der Waals surface area contributed by atoms with Gasteiger partial charge in [0, 0.05) is 0 Å². The highest BCUT2D eigenvalue weighted by Crippen LogP contribution is 2.24. The SMILES string of the molecule is CSc1nc(N)nc(-c2c(F)cccc2F)n1. The molecular formula is C10H8F2N4S. The van der Waals surface area contributed by atoms with Gasteiger partial charge in [0.1, 0.15) is 11.6 Å². The molecule has 0 unspecified atom stereocenters. The zero-order valence-corrected chi connectivity index (χ0v) is 9.63.